The summed E-state index contributed by atoms with van der Waals surface area (Å²) in [5.74, 6) is -0.346. The van der Waals surface area contributed by atoms with Crippen LogP contribution in [-0.4, -0.2) is 28.0 Å². The molecule has 2 heterocycles. The second-order valence-corrected chi connectivity index (χ2v) is 9.28. The zero-order valence-electron chi connectivity index (χ0n) is 17.7. The van der Waals surface area contributed by atoms with Gasteiger partial charge in [-0.3, -0.25) is 14.6 Å². The minimum atomic E-state index is -0.346. The third-order valence-electron chi connectivity index (χ3n) is 6.21. The molecular formula is C25H22Cl2N4O2. The van der Waals surface area contributed by atoms with Crippen LogP contribution in [0.3, 0.4) is 0 Å². The van der Waals surface area contributed by atoms with E-state index in [0.717, 1.165) is 42.3 Å². The van der Waals surface area contributed by atoms with Crippen LogP contribution in [0, 0.1) is 0 Å². The fourth-order valence-corrected chi connectivity index (χ4v) is 4.81. The predicted octanol–water partition coefficient (Wildman–Crippen LogP) is 5.54. The first-order valence-corrected chi connectivity index (χ1v) is 11.7. The Kier molecular flexibility index (Phi) is 5.96. The highest BCUT2D eigenvalue weighted by molar-refractivity contribution is 6.31. The van der Waals surface area contributed by atoms with Gasteiger partial charge in [0.2, 0.25) is 5.43 Å². The van der Waals surface area contributed by atoms with Crippen LogP contribution in [0.2, 0.25) is 10.0 Å². The molecule has 0 saturated heterocycles. The number of benzene rings is 2. The molecule has 5 rings (SSSR count). The van der Waals surface area contributed by atoms with Gasteiger partial charge >= 0.3 is 0 Å². The van der Waals surface area contributed by atoms with Crippen molar-refractivity contribution in [3.8, 4) is 0 Å². The molecule has 0 bridgehead atoms. The Morgan fingerprint density at radius 1 is 0.939 bits per heavy atom. The van der Waals surface area contributed by atoms with Crippen molar-refractivity contribution in [3.63, 3.8) is 0 Å². The number of fused-ring (bicyclic) bond motifs is 2. The average molecular weight is 481 g/mol. The zero-order valence-corrected chi connectivity index (χ0v) is 19.2. The summed E-state index contributed by atoms with van der Waals surface area (Å²) in [4.78, 5) is 33.0. The highest BCUT2D eigenvalue weighted by atomic mass is 35.5. The molecule has 0 unspecified atom stereocenters. The van der Waals surface area contributed by atoms with Gasteiger partial charge in [0.25, 0.3) is 5.91 Å². The second-order valence-electron chi connectivity index (χ2n) is 8.41. The number of hydrogen-bond donors (Lipinski definition) is 3. The van der Waals surface area contributed by atoms with Gasteiger partial charge in [-0.2, -0.15) is 0 Å². The normalized spacial score (nSPS) is 18.4. The number of carbonyl (C=O) groups excluding carboxylic acids is 1. The Morgan fingerprint density at radius 2 is 1.64 bits per heavy atom. The van der Waals surface area contributed by atoms with Crippen LogP contribution in [0.5, 0.6) is 0 Å². The molecule has 1 aliphatic carbocycles. The van der Waals surface area contributed by atoms with Crippen molar-refractivity contribution in [2.45, 2.75) is 37.8 Å². The largest absolute Gasteiger partial charge is 0.382 e. The topological polar surface area (TPSA) is 86.9 Å². The Morgan fingerprint density at radius 3 is 2.42 bits per heavy atom. The van der Waals surface area contributed by atoms with E-state index in [1.54, 1.807) is 24.4 Å². The third-order valence-corrected chi connectivity index (χ3v) is 6.68. The number of amides is 1. The molecule has 1 amide bonds. The fraction of sp³-hybridized carbons (Fsp3) is 0.240. The summed E-state index contributed by atoms with van der Waals surface area (Å²) in [7, 11) is 0. The lowest BCUT2D eigenvalue weighted by atomic mass is 9.90. The van der Waals surface area contributed by atoms with E-state index in [1.165, 1.54) is 6.20 Å². The van der Waals surface area contributed by atoms with Crippen molar-refractivity contribution < 1.29 is 4.79 Å². The van der Waals surface area contributed by atoms with E-state index in [9.17, 15) is 9.59 Å². The number of H-pyrrole nitrogens is 1. The number of pyridine rings is 2. The molecule has 0 atom stereocenters. The van der Waals surface area contributed by atoms with Gasteiger partial charge in [-0.15, -0.1) is 0 Å². The van der Waals surface area contributed by atoms with Gasteiger partial charge in [0.05, 0.1) is 11.0 Å². The summed E-state index contributed by atoms with van der Waals surface area (Å²) in [6.07, 6.45) is 6.73. The number of nitrogens with zero attached hydrogens (tertiary/aromatic N) is 1. The van der Waals surface area contributed by atoms with Crippen LogP contribution < -0.4 is 16.1 Å². The van der Waals surface area contributed by atoms with Crippen molar-refractivity contribution in [2.75, 3.05) is 5.32 Å². The highest BCUT2D eigenvalue weighted by Gasteiger charge is 2.24. The molecule has 4 aromatic rings. The summed E-state index contributed by atoms with van der Waals surface area (Å²) < 4.78 is 0. The van der Waals surface area contributed by atoms with Crippen molar-refractivity contribution in [3.05, 3.63) is 80.7 Å². The summed E-state index contributed by atoms with van der Waals surface area (Å²) in [5, 5.41) is 9.34. The van der Waals surface area contributed by atoms with Crippen molar-refractivity contribution in [1.82, 2.24) is 15.3 Å². The lowest BCUT2D eigenvalue weighted by Gasteiger charge is -2.30. The smallest absolute Gasteiger partial charge is 0.256 e. The number of hydrogen-bond acceptors (Lipinski definition) is 4. The molecule has 33 heavy (non-hydrogen) atoms. The Bertz CT molecular complexity index is 1410. The maximum absolute atomic E-state index is 12.8. The lowest BCUT2D eigenvalue weighted by molar-refractivity contribution is 0.0925. The molecule has 2 aromatic carbocycles. The van der Waals surface area contributed by atoms with Gasteiger partial charge in [-0.1, -0.05) is 23.2 Å². The molecular weight excluding hydrogens is 459 g/mol. The predicted molar refractivity (Wildman–Crippen MR) is 133 cm³/mol. The Balaban J connectivity index is 1.23. The van der Waals surface area contributed by atoms with Crippen LogP contribution in [0.1, 0.15) is 36.0 Å². The molecule has 1 saturated carbocycles. The quantitative estimate of drug-likeness (QED) is 0.358. The van der Waals surface area contributed by atoms with E-state index in [0.29, 0.717) is 27.0 Å². The van der Waals surface area contributed by atoms with Gasteiger partial charge in [-0.05, 0) is 68.1 Å². The summed E-state index contributed by atoms with van der Waals surface area (Å²) >= 11 is 12.1. The zero-order chi connectivity index (χ0) is 22.9. The number of aromatic amines is 1. The van der Waals surface area contributed by atoms with Crippen LogP contribution in [-0.2, 0) is 0 Å². The molecule has 0 radical (unpaired) electrons. The summed E-state index contributed by atoms with van der Waals surface area (Å²) in [6.45, 7) is 0. The fourth-order valence-electron chi connectivity index (χ4n) is 4.48. The van der Waals surface area contributed by atoms with Crippen LogP contribution in [0.25, 0.3) is 21.8 Å². The number of nitrogens with one attached hydrogen (secondary N) is 3. The van der Waals surface area contributed by atoms with E-state index in [4.69, 9.17) is 23.2 Å². The van der Waals surface area contributed by atoms with Crippen molar-refractivity contribution in [1.29, 1.82) is 0 Å². The maximum Gasteiger partial charge on any atom is 0.256 e. The molecule has 8 heteroatoms. The van der Waals surface area contributed by atoms with Crippen molar-refractivity contribution >= 4 is 56.6 Å². The number of halogens is 2. The third kappa shape index (κ3) is 4.54. The standard InChI is InChI=1S/C25H22Cl2N4O2/c26-14-1-7-18-21(9-10-28-22(18)11-14)30-16-3-5-17(6-4-16)31-25(33)20-13-29-23-12-15(27)2-8-19(23)24(20)32/h1-2,7-13,16-17H,3-6H2,(H,28,30)(H,29,32)(H,31,33). The maximum atomic E-state index is 12.8. The molecule has 3 N–H and O–H groups in total. The number of aromatic nitrogens is 2. The molecule has 1 aliphatic rings. The minimum absolute atomic E-state index is 0.0313. The van der Waals surface area contributed by atoms with Gasteiger partial charge in [0, 0.05) is 51.0 Å². The van der Waals surface area contributed by atoms with Crippen LogP contribution in [0.15, 0.2) is 59.7 Å². The van der Waals surface area contributed by atoms with Crippen LogP contribution in [0.4, 0.5) is 5.69 Å². The van der Waals surface area contributed by atoms with Gasteiger partial charge < -0.3 is 15.6 Å². The van der Waals surface area contributed by atoms with Crippen LogP contribution >= 0.6 is 23.2 Å². The molecule has 168 valence electrons. The second kappa shape index (κ2) is 9.04. The summed E-state index contributed by atoms with van der Waals surface area (Å²) in [5.41, 5.74) is 2.33. The molecule has 6 nitrogen and oxygen atoms in total. The number of carbonyl (C=O) groups is 1. The van der Waals surface area contributed by atoms with E-state index < -0.39 is 0 Å². The van der Waals surface area contributed by atoms with E-state index in [-0.39, 0.29) is 22.9 Å². The molecule has 0 spiro atoms. The number of rotatable bonds is 4. The Labute approximate surface area is 200 Å². The molecule has 1 fully saturated rings. The lowest BCUT2D eigenvalue weighted by Crippen LogP contribution is -2.41. The molecule has 2 aromatic heterocycles. The van der Waals surface area contributed by atoms with E-state index in [2.05, 4.69) is 20.6 Å². The van der Waals surface area contributed by atoms with Crippen molar-refractivity contribution in [2.24, 2.45) is 0 Å². The van der Waals surface area contributed by atoms with E-state index >= 15 is 0 Å². The van der Waals surface area contributed by atoms with Gasteiger partial charge in [0.1, 0.15) is 5.56 Å². The van der Waals surface area contributed by atoms with Gasteiger partial charge in [0.15, 0.2) is 0 Å². The Hall–Kier alpha value is -3.09. The monoisotopic (exact) mass is 480 g/mol. The summed E-state index contributed by atoms with van der Waals surface area (Å²) in [6, 6.07) is 13.0. The van der Waals surface area contributed by atoms with E-state index in [1.807, 2.05) is 24.3 Å². The average Bonchev–Trinajstić information content (AvgIpc) is 2.80. The molecule has 0 aliphatic heterocycles. The highest BCUT2D eigenvalue weighted by Crippen LogP contribution is 2.28. The number of anilines is 1. The minimum Gasteiger partial charge on any atom is -0.382 e. The first kappa shape index (κ1) is 21.7. The first-order chi connectivity index (χ1) is 16.0. The SMILES string of the molecule is O=C(NC1CCC(Nc2ccnc3cc(Cl)ccc23)CC1)c1c[nH]c2cc(Cl)ccc2c1=O. The first-order valence-electron chi connectivity index (χ1n) is 10.9. The van der Waals surface area contributed by atoms with Gasteiger partial charge in [-0.25, -0.2) is 0 Å².